The van der Waals surface area contributed by atoms with Gasteiger partial charge in [0.2, 0.25) is 0 Å². The molecule has 1 saturated carbocycles. The first-order valence-corrected chi connectivity index (χ1v) is 5.78. The Labute approximate surface area is 86.3 Å². The van der Waals surface area contributed by atoms with Crippen molar-refractivity contribution in [1.29, 1.82) is 0 Å². The second kappa shape index (κ2) is 2.62. The Kier molecular flexibility index (Phi) is 1.60. The molecule has 0 aliphatic heterocycles. The van der Waals surface area contributed by atoms with Crippen molar-refractivity contribution in [2.75, 3.05) is 0 Å². The molecule has 0 heterocycles. The van der Waals surface area contributed by atoms with Crippen LogP contribution in [-0.2, 0) is 0 Å². The Hall–Kier alpha value is -0.780. The van der Waals surface area contributed by atoms with Crippen molar-refractivity contribution in [3.63, 3.8) is 0 Å². The molecule has 3 atom stereocenters. The summed E-state index contributed by atoms with van der Waals surface area (Å²) in [6, 6.07) is 4.61. The molecule has 1 fully saturated rings. The predicted molar refractivity (Wildman–Crippen MR) is 59.8 cm³/mol. The molecule has 74 valence electrons. The summed E-state index contributed by atoms with van der Waals surface area (Å²) >= 11 is 0. The van der Waals surface area contributed by atoms with Gasteiger partial charge in [-0.3, -0.25) is 0 Å². The van der Waals surface area contributed by atoms with E-state index in [2.05, 4.69) is 32.9 Å². The summed E-state index contributed by atoms with van der Waals surface area (Å²) in [6.07, 6.45) is 2.87. The van der Waals surface area contributed by atoms with Gasteiger partial charge in [-0.25, -0.2) is 0 Å². The third kappa shape index (κ3) is 0.893. The van der Waals surface area contributed by atoms with E-state index in [1.54, 1.807) is 11.1 Å². The van der Waals surface area contributed by atoms with Crippen LogP contribution in [0.2, 0.25) is 0 Å². The Morgan fingerprint density at radius 3 is 2.36 bits per heavy atom. The zero-order chi connectivity index (χ0) is 9.87. The molecule has 1 aromatic carbocycles. The van der Waals surface area contributed by atoms with Gasteiger partial charge in [-0.05, 0) is 66.7 Å². The number of hydrogen-bond donors (Lipinski definition) is 0. The zero-order valence-corrected chi connectivity index (χ0v) is 9.30. The van der Waals surface area contributed by atoms with Crippen molar-refractivity contribution in [3.8, 4) is 0 Å². The number of rotatable bonds is 0. The summed E-state index contributed by atoms with van der Waals surface area (Å²) in [4.78, 5) is 0. The summed E-state index contributed by atoms with van der Waals surface area (Å²) in [6.45, 7) is 6.99. The van der Waals surface area contributed by atoms with Crippen molar-refractivity contribution in [3.05, 3.63) is 34.4 Å². The first-order valence-electron chi connectivity index (χ1n) is 5.78. The highest BCUT2D eigenvalue weighted by Gasteiger charge is 2.42. The lowest BCUT2D eigenvalue weighted by Crippen LogP contribution is -2.09. The van der Waals surface area contributed by atoms with Crippen LogP contribution >= 0.6 is 0 Å². The average molecular weight is 186 g/mol. The van der Waals surface area contributed by atoms with Gasteiger partial charge in [-0.1, -0.05) is 19.1 Å². The summed E-state index contributed by atoms with van der Waals surface area (Å²) in [5.41, 5.74) is 6.50. The first kappa shape index (κ1) is 8.52. The maximum absolute atomic E-state index is 2.43. The molecule has 0 saturated heterocycles. The van der Waals surface area contributed by atoms with E-state index in [-0.39, 0.29) is 0 Å². The van der Waals surface area contributed by atoms with Gasteiger partial charge in [0.1, 0.15) is 0 Å². The summed E-state index contributed by atoms with van der Waals surface area (Å²) in [5, 5.41) is 0. The molecule has 3 rings (SSSR count). The maximum atomic E-state index is 2.43. The highest BCUT2D eigenvalue weighted by atomic mass is 14.5. The second-order valence-corrected chi connectivity index (χ2v) is 5.28. The van der Waals surface area contributed by atoms with Gasteiger partial charge in [0, 0.05) is 0 Å². The SMILES string of the molecule is Cc1ccc(C)c2c1C1CC(C)C2C1. The van der Waals surface area contributed by atoms with E-state index < -0.39 is 0 Å². The summed E-state index contributed by atoms with van der Waals surface area (Å²) in [7, 11) is 0. The molecule has 0 amide bonds. The molecule has 14 heavy (non-hydrogen) atoms. The van der Waals surface area contributed by atoms with Gasteiger partial charge in [0.05, 0.1) is 0 Å². The largest absolute Gasteiger partial charge is 0.0619 e. The molecule has 2 aliphatic carbocycles. The van der Waals surface area contributed by atoms with E-state index in [4.69, 9.17) is 0 Å². The number of benzene rings is 1. The first-order chi connectivity index (χ1) is 6.68. The van der Waals surface area contributed by atoms with Crippen LogP contribution in [0.4, 0.5) is 0 Å². The van der Waals surface area contributed by atoms with E-state index >= 15 is 0 Å². The minimum absolute atomic E-state index is 0.884. The van der Waals surface area contributed by atoms with Crippen molar-refractivity contribution in [1.82, 2.24) is 0 Å². The van der Waals surface area contributed by atoms with Crippen LogP contribution in [0.1, 0.15) is 53.9 Å². The number of hydrogen-bond acceptors (Lipinski definition) is 0. The molecule has 0 heteroatoms. The fraction of sp³-hybridized carbons (Fsp3) is 0.571. The minimum atomic E-state index is 0.884. The fourth-order valence-corrected chi connectivity index (χ4v) is 3.77. The van der Waals surface area contributed by atoms with E-state index in [0.717, 1.165) is 17.8 Å². The molecule has 0 spiro atoms. The third-order valence-corrected chi connectivity index (χ3v) is 4.38. The number of fused-ring (bicyclic) bond motifs is 5. The monoisotopic (exact) mass is 186 g/mol. The van der Waals surface area contributed by atoms with Gasteiger partial charge in [0.25, 0.3) is 0 Å². The van der Waals surface area contributed by atoms with Crippen LogP contribution in [-0.4, -0.2) is 0 Å². The summed E-state index contributed by atoms with van der Waals surface area (Å²) in [5.74, 6) is 2.70. The average Bonchev–Trinajstić information content (AvgIpc) is 2.68. The van der Waals surface area contributed by atoms with Crippen molar-refractivity contribution >= 4 is 0 Å². The van der Waals surface area contributed by atoms with Crippen LogP contribution in [0.15, 0.2) is 12.1 Å². The molecule has 2 bridgehead atoms. The van der Waals surface area contributed by atoms with E-state index in [9.17, 15) is 0 Å². The topological polar surface area (TPSA) is 0 Å². The Morgan fingerprint density at radius 1 is 1.00 bits per heavy atom. The highest BCUT2D eigenvalue weighted by Crippen LogP contribution is 2.57. The van der Waals surface area contributed by atoms with Crippen LogP contribution < -0.4 is 0 Å². The van der Waals surface area contributed by atoms with Gasteiger partial charge in [0.15, 0.2) is 0 Å². The molecule has 3 unspecified atom stereocenters. The molecule has 1 aromatic rings. The zero-order valence-electron chi connectivity index (χ0n) is 9.30. The molecular formula is C14H18. The van der Waals surface area contributed by atoms with E-state index in [0.29, 0.717) is 0 Å². The lowest BCUT2D eigenvalue weighted by Gasteiger charge is -2.24. The van der Waals surface area contributed by atoms with Gasteiger partial charge < -0.3 is 0 Å². The standard InChI is InChI=1S/C14H18/c1-8-4-5-9(2)14-12-7-11(13(8)14)6-10(12)3/h4-5,10-12H,6-7H2,1-3H3. The Morgan fingerprint density at radius 2 is 1.64 bits per heavy atom. The van der Waals surface area contributed by atoms with Crippen molar-refractivity contribution < 1.29 is 0 Å². The molecule has 0 N–H and O–H groups in total. The maximum Gasteiger partial charge on any atom is -0.0125 e. The Bertz CT molecular complexity index is 389. The van der Waals surface area contributed by atoms with Crippen LogP contribution in [0.5, 0.6) is 0 Å². The molecule has 0 radical (unpaired) electrons. The molecule has 2 aliphatic rings. The summed E-state index contributed by atoms with van der Waals surface area (Å²) < 4.78 is 0. The second-order valence-electron chi connectivity index (χ2n) is 5.28. The molecular weight excluding hydrogens is 168 g/mol. The lowest BCUT2D eigenvalue weighted by molar-refractivity contribution is 0.511. The van der Waals surface area contributed by atoms with E-state index in [1.165, 1.54) is 24.0 Å². The third-order valence-electron chi connectivity index (χ3n) is 4.38. The fourth-order valence-electron chi connectivity index (χ4n) is 3.77. The smallest absolute Gasteiger partial charge is 0.0125 e. The van der Waals surface area contributed by atoms with Crippen molar-refractivity contribution in [2.24, 2.45) is 5.92 Å². The number of aryl methyl sites for hydroxylation is 2. The van der Waals surface area contributed by atoms with Crippen molar-refractivity contribution in [2.45, 2.75) is 45.4 Å². The minimum Gasteiger partial charge on any atom is -0.0619 e. The molecule has 0 nitrogen and oxygen atoms in total. The van der Waals surface area contributed by atoms with Gasteiger partial charge >= 0.3 is 0 Å². The highest BCUT2D eigenvalue weighted by molar-refractivity contribution is 5.50. The van der Waals surface area contributed by atoms with Gasteiger partial charge in [-0.2, -0.15) is 0 Å². The van der Waals surface area contributed by atoms with Crippen LogP contribution in [0.3, 0.4) is 0 Å². The predicted octanol–water partition coefficient (Wildman–Crippen LogP) is 3.91. The Balaban J connectivity index is 2.25. The van der Waals surface area contributed by atoms with Crippen LogP contribution in [0.25, 0.3) is 0 Å². The van der Waals surface area contributed by atoms with E-state index in [1.807, 2.05) is 0 Å². The normalized spacial score (nSPS) is 33.5. The van der Waals surface area contributed by atoms with Gasteiger partial charge in [-0.15, -0.1) is 0 Å². The molecule has 0 aromatic heterocycles. The quantitative estimate of drug-likeness (QED) is 0.576. The lowest BCUT2D eigenvalue weighted by atomic mass is 9.81. The van der Waals surface area contributed by atoms with Crippen LogP contribution in [0, 0.1) is 19.8 Å².